The number of fused-ring (bicyclic) bond motifs is 1. The molecule has 0 aliphatic rings. The lowest BCUT2D eigenvalue weighted by molar-refractivity contribution is 0.0509. The Labute approximate surface area is 160 Å². The van der Waals surface area contributed by atoms with Gasteiger partial charge >= 0.3 is 11.9 Å². The van der Waals surface area contributed by atoms with Crippen LogP contribution in [0.4, 0.5) is 0 Å². The molecule has 0 radical (unpaired) electrons. The SMILES string of the molecule is CCOC(=O)c1ccc2cc(C(=O)OCC)n(C[C@@H](CN=[N+]=[N-])N=[N+]=[N-])c2c1. The minimum atomic E-state index is -0.726. The summed E-state index contributed by atoms with van der Waals surface area (Å²) < 4.78 is 11.7. The molecule has 1 atom stereocenters. The van der Waals surface area contributed by atoms with Gasteiger partial charge in [0.25, 0.3) is 0 Å². The van der Waals surface area contributed by atoms with Crippen LogP contribution in [-0.2, 0) is 16.0 Å². The van der Waals surface area contributed by atoms with Crippen molar-refractivity contribution in [2.24, 2.45) is 10.2 Å². The summed E-state index contributed by atoms with van der Waals surface area (Å²) in [7, 11) is 0. The summed E-state index contributed by atoms with van der Waals surface area (Å²) >= 11 is 0. The third-order valence-corrected chi connectivity index (χ3v) is 3.86. The largest absolute Gasteiger partial charge is 0.462 e. The number of esters is 2. The Balaban J connectivity index is 2.58. The van der Waals surface area contributed by atoms with E-state index in [0.29, 0.717) is 16.5 Å². The Kier molecular flexibility index (Phi) is 7.27. The van der Waals surface area contributed by atoms with Crippen LogP contribution in [0.15, 0.2) is 34.5 Å². The first-order valence-corrected chi connectivity index (χ1v) is 8.58. The Bertz CT molecular complexity index is 971. The number of hydrogen-bond acceptors (Lipinski definition) is 6. The van der Waals surface area contributed by atoms with E-state index in [-0.39, 0.29) is 32.0 Å². The van der Waals surface area contributed by atoms with Crippen molar-refractivity contribution in [1.82, 2.24) is 4.57 Å². The highest BCUT2D eigenvalue weighted by atomic mass is 16.5. The first kappa shape index (κ1) is 20.6. The fourth-order valence-corrected chi connectivity index (χ4v) is 2.71. The quantitative estimate of drug-likeness (QED) is 0.277. The summed E-state index contributed by atoms with van der Waals surface area (Å²) in [5.41, 5.74) is 18.4. The maximum Gasteiger partial charge on any atom is 0.354 e. The van der Waals surface area contributed by atoms with Gasteiger partial charge in [0, 0.05) is 33.8 Å². The predicted molar refractivity (Wildman–Crippen MR) is 101 cm³/mol. The van der Waals surface area contributed by atoms with Crippen molar-refractivity contribution in [3.8, 4) is 0 Å². The number of hydrogen-bond donors (Lipinski definition) is 0. The molecular formula is C17H19N7O4. The maximum absolute atomic E-state index is 12.4. The lowest BCUT2D eigenvalue weighted by Gasteiger charge is -2.14. The summed E-state index contributed by atoms with van der Waals surface area (Å²) in [6.07, 6.45) is 0. The molecule has 0 amide bonds. The molecule has 0 fully saturated rings. The zero-order valence-electron chi connectivity index (χ0n) is 15.5. The first-order valence-electron chi connectivity index (χ1n) is 8.58. The van der Waals surface area contributed by atoms with E-state index >= 15 is 0 Å². The second-order valence-corrected chi connectivity index (χ2v) is 5.63. The molecule has 0 N–H and O–H groups in total. The third kappa shape index (κ3) is 4.73. The second-order valence-electron chi connectivity index (χ2n) is 5.63. The van der Waals surface area contributed by atoms with Gasteiger partial charge in [-0.15, -0.1) is 0 Å². The van der Waals surface area contributed by atoms with E-state index in [2.05, 4.69) is 20.1 Å². The summed E-state index contributed by atoms with van der Waals surface area (Å²) in [5.74, 6) is -1.05. The molecule has 11 nitrogen and oxygen atoms in total. The normalized spacial score (nSPS) is 11.2. The number of nitrogens with zero attached hydrogens (tertiary/aromatic N) is 7. The molecule has 0 saturated carbocycles. The fourth-order valence-electron chi connectivity index (χ4n) is 2.71. The molecular weight excluding hydrogens is 366 g/mol. The molecule has 0 aliphatic carbocycles. The van der Waals surface area contributed by atoms with Gasteiger partial charge in [0.15, 0.2) is 0 Å². The Morgan fingerprint density at radius 3 is 2.46 bits per heavy atom. The van der Waals surface area contributed by atoms with Crippen molar-refractivity contribution < 1.29 is 19.1 Å². The third-order valence-electron chi connectivity index (χ3n) is 3.86. The molecule has 146 valence electrons. The molecule has 28 heavy (non-hydrogen) atoms. The Morgan fingerprint density at radius 1 is 1.11 bits per heavy atom. The summed E-state index contributed by atoms with van der Waals surface area (Å²) in [6.45, 7) is 3.80. The van der Waals surface area contributed by atoms with Crippen LogP contribution in [0.3, 0.4) is 0 Å². The molecule has 1 aromatic carbocycles. The van der Waals surface area contributed by atoms with Crippen molar-refractivity contribution in [1.29, 1.82) is 0 Å². The van der Waals surface area contributed by atoms with Gasteiger partial charge in [-0.05, 0) is 43.1 Å². The highest BCUT2D eigenvalue weighted by Gasteiger charge is 2.20. The van der Waals surface area contributed by atoms with Gasteiger partial charge in [-0.1, -0.05) is 16.3 Å². The minimum Gasteiger partial charge on any atom is -0.462 e. The average Bonchev–Trinajstić information content (AvgIpc) is 3.04. The van der Waals surface area contributed by atoms with Gasteiger partial charge in [0.2, 0.25) is 0 Å². The molecule has 0 spiro atoms. The number of aromatic nitrogens is 1. The van der Waals surface area contributed by atoms with Crippen LogP contribution in [0, 0.1) is 0 Å². The van der Waals surface area contributed by atoms with Gasteiger partial charge in [-0.3, -0.25) is 0 Å². The Hall–Kier alpha value is -3.68. The van der Waals surface area contributed by atoms with E-state index in [1.807, 2.05) is 0 Å². The number of carbonyl (C=O) groups is 2. The van der Waals surface area contributed by atoms with Crippen LogP contribution < -0.4 is 0 Å². The van der Waals surface area contributed by atoms with Crippen molar-refractivity contribution in [2.75, 3.05) is 19.8 Å². The molecule has 0 saturated heterocycles. The number of ether oxygens (including phenoxy) is 2. The van der Waals surface area contributed by atoms with Gasteiger partial charge in [0.1, 0.15) is 5.69 Å². The number of benzene rings is 1. The first-order chi connectivity index (χ1) is 13.5. The lowest BCUT2D eigenvalue weighted by atomic mass is 10.1. The van der Waals surface area contributed by atoms with Gasteiger partial charge in [-0.25, -0.2) is 9.59 Å². The maximum atomic E-state index is 12.4. The van der Waals surface area contributed by atoms with E-state index in [9.17, 15) is 9.59 Å². The van der Waals surface area contributed by atoms with E-state index in [0.717, 1.165) is 0 Å². The van der Waals surface area contributed by atoms with E-state index in [1.165, 1.54) is 0 Å². The van der Waals surface area contributed by atoms with Gasteiger partial charge in [-0.2, -0.15) is 0 Å². The molecule has 1 aromatic heterocycles. The molecule has 2 aromatic rings. The molecule has 11 heteroatoms. The number of carbonyl (C=O) groups excluding carboxylic acids is 2. The van der Waals surface area contributed by atoms with Crippen molar-refractivity contribution in [3.05, 3.63) is 56.4 Å². The van der Waals surface area contributed by atoms with Crippen molar-refractivity contribution in [2.45, 2.75) is 26.4 Å². The van der Waals surface area contributed by atoms with Crippen LogP contribution in [0.5, 0.6) is 0 Å². The molecule has 2 rings (SSSR count). The van der Waals surface area contributed by atoms with Crippen molar-refractivity contribution >= 4 is 22.8 Å². The molecule has 0 bridgehead atoms. The van der Waals surface area contributed by atoms with Crippen LogP contribution in [0.2, 0.25) is 0 Å². The van der Waals surface area contributed by atoms with Crippen molar-refractivity contribution in [3.63, 3.8) is 0 Å². The van der Waals surface area contributed by atoms with E-state index < -0.39 is 18.0 Å². The topological polar surface area (TPSA) is 155 Å². The minimum absolute atomic E-state index is 0.0625. The predicted octanol–water partition coefficient (Wildman–Crippen LogP) is 3.98. The van der Waals surface area contributed by atoms with Crippen LogP contribution in [0.25, 0.3) is 31.8 Å². The van der Waals surface area contributed by atoms with Crippen LogP contribution >= 0.6 is 0 Å². The van der Waals surface area contributed by atoms with Crippen LogP contribution in [-0.4, -0.2) is 42.3 Å². The smallest absolute Gasteiger partial charge is 0.354 e. The second kappa shape index (κ2) is 9.86. The fraction of sp³-hybridized carbons (Fsp3) is 0.412. The molecule has 0 unspecified atom stereocenters. The lowest BCUT2D eigenvalue weighted by Crippen LogP contribution is -2.21. The molecule has 1 heterocycles. The highest BCUT2D eigenvalue weighted by Crippen LogP contribution is 2.24. The van der Waals surface area contributed by atoms with Gasteiger partial charge in [0.05, 0.1) is 24.8 Å². The molecule has 0 aliphatic heterocycles. The van der Waals surface area contributed by atoms with Crippen LogP contribution in [0.1, 0.15) is 34.7 Å². The highest BCUT2D eigenvalue weighted by molar-refractivity contribution is 5.99. The summed E-state index contributed by atoms with van der Waals surface area (Å²) in [6, 6.07) is 5.79. The summed E-state index contributed by atoms with van der Waals surface area (Å²) in [4.78, 5) is 29.9. The Morgan fingerprint density at radius 2 is 1.82 bits per heavy atom. The zero-order chi connectivity index (χ0) is 20.5. The average molecular weight is 385 g/mol. The number of rotatable bonds is 9. The number of azide groups is 2. The standard InChI is InChI=1S/C17H19N7O4/c1-3-27-16(25)12-6-5-11-7-15(17(26)28-4-2)24(14(11)8-12)10-13(21-23-19)9-20-22-18/h5-8,13H,3-4,9-10H2,1-2H3/t13-/m1/s1. The monoisotopic (exact) mass is 385 g/mol. The van der Waals surface area contributed by atoms with Gasteiger partial charge < -0.3 is 14.0 Å². The van der Waals surface area contributed by atoms with E-state index in [1.54, 1.807) is 42.7 Å². The zero-order valence-corrected chi connectivity index (χ0v) is 15.5. The summed E-state index contributed by atoms with van der Waals surface area (Å²) in [5, 5.41) is 7.77. The van der Waals surface area contributed by atoms with E-state index in [4.69, 9.17) is 20.5 Å².